The first-order chi connectivity index (χ1) is 16.9. The zero-order chi connectivity index (χ0) is 24.9. The van der Waals surface area contributed by atoms with E-state index >= 15 is 0 Å². The molecule has 1 amide bonds. The molecule has 1 aromatic carbocycles. The lowest BCUT2D eigenvalue weighted by Gasteiger charge is -2.10. The molecule has 2 heterocycles. The third kappa shape index (κ3) is 6.00. The van der Waals surface area contributed by atoms with Crippen molar-refractivity contribution in [2.75, 3.05) is 11.1 Å². The lowest BCUT2D eigenvalue weighted by molar-refractivity contribution is -0.113. The van der Waals surface area contributed by atoms with Crippen molar-refractivity contribution in [3.05, 3.63) is 50.1 Å². The summed E-state index contributed by atoms with van der Waals surface area (Å²) in [5, 5.41) is 23.1. The van der Waals surface area contributed by atoms with Gasteiger partial charge in [0.2, 0.25) is 5.91 Å². The Bertz CT molecular complexity index is 1250. The summed E-state index contributed by atoms with van der Waals surface area (Å²) in [5.41, 5.74) is 3.68. The largest absolute Gasteiger partial charge is 0.486 e. The van der Waals surface area contributed by atoms with Gasteiger partial charge < -0.3 is 14.6 Å². The maximum Gasteiger partial charge on any atom is 0.235 e. The first-order valence-electron chi connectivity index (χ1n) is 11.6. The highest BCUT2D eigenvalue weighted by Crippen LogP contribution is 2.36. The summed E-state index contributed by atoms with van der Waals surface area (Å²) in [6.45, 7) is 4.14. The molecule has 184 valence electrons. The molecule has 0 saturated heterocycles. The zero-order valence-corrected chi connectivity index (χ0v) is 22.5. The van der Waals surface area contributed by atoms with Crippen LogP contribution in [0.15, 0.2) is 17.3 Å². The van der Waals surface area contributed by atoms with Gasteiger partial charge in [0.25, 0.3) is 0 Å². The van der Waals surface area contributed by atoms with Gasteiger partial charge in [-0.2, -0.15) is 5.26 Å². The number of amides is 1. The standard InChI is InChI=1S/C25H28ClN5O2S2/c1-15-10-17(11-16(2)23(15)26)33-13-21-29-30-25(31(21)3)34-14-22(32)28-24-19(12-27)18-8-6-4-5-7-9-20(18)35-24/h10-11H,4-9,13-14H2,1-3H3,(H,28,32). The van der Waals surface area contributed by atoms with E-state index in [1.807, 2.05) is 37.6 Å². The number of ether oxygens (including phenoxy) is 1. The Balaban J connectivity index is 1.35. The maximum absolute atomic E-state index is 12.7. The van der Waals surface area contributed by atoms with Gasteiger partial charge in [0.05, 0.1) is 11.3 Å². The molecule has 0 atom stereocenters. The van der Waals surface area contributed by atoms with E-state index in [0.29, 0.717) is 21.5 Å². The average molecular weight is 530 g/mol. The van der Waals surface area contributed by atoms with Gasteiger partial charge in [-0.15, -0.1) is 21.5 Å². The number of aryl methyl sites for hydroxylation is 3. The lowest BCUT2D eigenvalue weighted by Crippen LogP contribution is -2.14. The van der Waals surface area contributed by atoms with Crippen molar-refractivity contribution in [1.82, 2.24) is 14.8 Å². The smallest absolute Gasteiger partial charge is 0.235 e. The van der Waals surface area contributed by atoms with E-state index in [-0.39, 0.29) is 18.3 Å². The number of benzene rings is 1. The van der Waals surface area contributed by atoms with E-state index in [4.69, 9.17) is 16.3 Å². The number of nitrogens with zero attached hydrogens (tertiary/aromatic N) is 4. The predicted octanol–water partition coefficient (Wildman–Crippen LogP) is 5.99. The van der Waals surface area contributed by atoms with Crippen LogP contribution in [0.5, 0.6) is 5.75 Å². The van der Waals surface area contributed by atoms with Crippen LogP contribution in [-0.4, -0.2) is 26.4 Å². The Morgan fingerprint density at radius 2 is 1.94 bits per heavy atom. The molecule has 0 radical (unpaired) electrons. The van der Waals surface area contributed by atoms with Crippen LogP contribution in [0.2, 0.25) is 5.02 Å². The molecule has 3 aromatic rings. The minimum atomic E-state index is -0.159. The quantitative estimate of drug-likeness (QED) is 0.378. The Morgan fingerprint density at radius 3 is 2.66 bits per heavy atom. The molecule has 35 heavy (non-hydrogen) atoms. The van der Waals surface area contributed by atoms with Crippen LogP contribution < -0.4 is 10.1 Å². The van der Waals surface area contributed by atoms with Gasteiger partial charge in [0, 0.05) is 16.9 Å². The molecule has 10 heteroatoms. The highest BCUT2D eigenvalue weighted by atomic mass is 35.5. The number of rotatable bonds is 7. The van der Waals surface area contributed by atoms with Gasteiger partial charge in [0.15, 0.2) is 11.0 Å². The summed E-state index contributed by atoms with van der Waals surface area (Å²) in [6.07, 6.45) is 6.55. The van der Waals surface area contributed by atoms with Crippen molar-refractivity contribution in [3.8, 4) is 11.8 Å². The van der Waals surface area contributed by atoms with E-state index in [1.165, 1.54) is 29.5 Å². The third-order valence-electron chi connectivity index (χ3n) is 6.07. The number of aromatic nitrogens is 3. The topological polar surface area (TPSA) is 92.8 Å². The Kier molecular flexibility index (Phi) is 8.37. The van der Waals surface area contributed by atoms with Crippen molar-refractivity contribution in [1.29, 1.82) is 5.26 Å². The first-order valence-corrected chi connectivity index (χ1v) is 13.8. The second-order valence-corrected chi connectivity index (χ2v) is 11.1. The molecule has 0 fully saturated rings. The monoisotopic (exact) mass is 529 g/mol. The van der Waals surface area contributed by atoms with E-state index in [1.54, 1.807) is 11.3 Å². The molecular formula is C25H28ClN5O2S2. The van der Waals surface area contributed by atoms with Crippen molar-refractivity contribution in [2.24, 2.45) is 7.05 Å². The second-order valence-electron chi connectivity index (χ2n) is 8.69. The van der Waals surface area contributed by atoms with Crippen LogP contribution in [0.4, 0.5) is 5.00 Å². The van der Waals surface area contributed by atoms with Crippen LogP contribution in [0.25, 0.3) is 0 Å². The van der Waals surface area contributed by atoms with Crippen LogP contribution in [0, 0.1) is 25.2 Å². The SMILES string of the molecule is Cc1cc(OCc2nnc(SCC(=O)Nc3sc4c(c3C#N)CCCCCC4)n2C)cc(C)c1Cl. The summed E-state index contributed by atoms with van der Waals surface area (Å²) in [5.74, 6) is 1.39. The molecule has 7 nitrogen and oxygen atoms in total. The number of hydrogen-bond donors (Lipinski definition) is 1. The molecule has 2 aromatic heterocycles. The van der Waals surface area contributed by atoms with Crippen molar-refractivity contribution >= 4 is 45.6 Å². The number of hydrogen-bond acceptors (Lipinski definition) is 7. The normalized spacial score (nSPS) is 13.5. The maximum atomic E-state index is 12.7. The van der Waals surface area contributed by atoms with Gasteiger partial charge in [0.1, 0.15) is 23.4 Å². The second kappa shape index (κ2) is 11.5. The number of fused-ring (bicyclic) bond motifs is 1. The molecule has 4 rings (SSSR count). The van der Waals surface area contributed by atoms with E-state index in [0.717, 1.165) is 53.1 Å². The molecular weight excluding hydrogens is 502 g/mol. The highest BCUT2D eigenvalue weighted by Gasteiger charge is 2.21. The van der Waals surface area contributed by atoms with Gasteiger partial charge in [-0.1, -0.05) is 36.2 Å². The van der Waals surface area contributed by atoms with Gasteiger partial charge in [-0.3, -0.25) is 4.79 Å². The predicted molar refractivity (Wildman–Crippen MR) is 141 cm³/mol. The molecule has 0 bridgehead atoms. The number of nitrogens with one attached hydrogen (secondary N) is 1. The molecule has 1 aliphatic rings. The molecule has 1 aliphatic carbocycles. The van der Waals surface area contributed by atoms with E-state index in [9.17, 15) is 10.1 Å². The highest BCUT2D eigenvalue weighted by molar-refractivity contribution is 7.99. The van der Waals surface area contributed by atoms with Gasteiger partial charge in [-0.05, 0) is 68.4 Å². The Morgan fingerprint density at radius 1 is 1.23 bits per heavy atom. The van der Waals surface area contributed by atoms with Crippen LogP contribution in [0.1, 0.15) is 58.6 Å². The fourth-order valence-electron chi connectivity index (χ4n) is 4.15. The minimum absolute atomic E-state index is 0.159. The first kappa shape index (κ1) is 25.5. The third-order valence-corrected chi connectivity index (χ3v) is 8.90. The molecule has 1 N–H and O–H groups in total. The molecule has 0 aliphatic heterocycles. The van der Waals surface area contributed by atoms with E-state index in [2.05, 4.69) is 21.6 Å². The van der Waals surface area contributed by atoms with E-state index < -0.39 is 0 Å². The number of thioether (sulfide) groups is 1. The summed E-state index contributed by atoms with van der Waals surface area (Å²) in [4.78, 5) is 13.9. The fourth-order valence-corrected chi connectivity index (χ4v) is 6.25. The number of nitriles is 1. The molecule has 0 saturated carbocycles. The van der Waals surface area contributed by atoms with Crippen LogP contribution in [-0.2, 0) is 31.3 Å². The van der Waals surface area contributed by atoms with Crippen molar-refractivity contribution < 1.29 is 9.53 Å². The summed E-state index contributed by atoms with van der Waals surface area (Å²) in [7, 11) is 1.85. The summed E-state index contributed by atoms with van der Waals surface area (Å²) in [6, 6.07) is 6.11. The van der Waals surface area contributed by atoms with Crippen LogP contribution >= 0.6 is 34.7 Å². The number of thiophene rings is 1. The van der Waals surface area contributed by atoms with Gasteiger partial charge in [-0.25, -0.2) is 0 Å². The molecule has 0 spiro atoms. The summed E-state index contributed by atoms with van der Waals surface area (Å²) >= 11 is 9.09. The van der Waals surface area contributed by atoms with Crippen molar-refractivity contribution in [3.63, 3.8) is 0 Å². The molecule has 0 unspecified atom stereocenters. The summed E-state index contributed by atoms with van der Waals surface area (Å²) < 4.78 is 7.72. The number of anilines is 1. The number of halogens is 1. The minimum Gasteiger partial charge on any atom is -0.486 e. The van der Waals surface area contributed by atoms with Gasteiger partial charge >= 0.3 is 0 Å². The van der Waals surface area contributed by atoms with Crippen molar-refractivity contribution in [2.45, 2.75) is 64.1 Å². The lowest BCUT2D eigenvalue weighted by atomic mass is 9.97. The fraction of sp³-hybridized carbons (Fsp3) is 0.440. The Labute approximate surface area is 218 Å². The Hall–Kier alpha value is -2.54. The number of carbonyl (C=O) groups is 1. The zero-order valence-electron chi connectivity index (χ0n) is 20.1. The number of carbonyl (C=O) groups excluding carboxylic acids is 1. The van der Waals surface area contributed by atoms with Crippen LogP contribution in [0.3, 0.4) is 0 Å². The average Bonchev–Trinajstić information content (AvgIpc) is 3.33.